The van der Waals surface area contributed by atoms with Crippen LogP contribution in [0, 0.1) is 0 Å². The molecule has 0 amide bonds. The molecule has 0 heterocycles. The zero-order valence-electron chi connectivity index (χ0n) is 34.1. The van der Waals surface area contributed by atoms with Gasteiger partial charge in [0.15, 0.2) is 0 Å². The summed E-state index contributed by atoms with van der Waals surface area (Å²) in [6.45, 7) is 10.00. The zero-order valence-corrected chi connectivity index (χ0v) is 35.7. The van der Waals surface area contributed by atoms with Crippen molar-refractivity contribution in [1.29, 1.82) is 0 Å². The van der Waals surface area contributed by atoms with Crippen molar-refractivity contribution < 1.29 is 80.0 Å². The molecule has 60 heavy (non-hydrogen) atoms. The molecule has 0 radical (unpaired) electrons. The fourth-order valence-corrected chi connectivity index (χ4v) is 10.8. The molecule has 0 aliphatic carbocycles. The molecular formula is C40H51F9O9S2. The predicted molar refractivity (Wildman–Crippen MR) is 207 cm³/mol. The van der Waals surface area contributed by atoms with E-state index in [-0.39, 0.29) is 99.8 Å². The van der Waals surface area contributed by atoms with Gasteiger partial charge < -0.3 is 28.4 Å². The Hall–Kier alpha value is -3.91. The molecule has 0 spiro atoms. The first-order valence-corrected chi connectivity index (χ1v) is 22.3. The van der Waals surface area contributed by atoms with Gasteiger partial charge in [-0.2, -0.15) is 47.9 Å². The first-order valence-electron chi connectivity index (χ1n) is 19.4. The van der Waals surface area contributed by atoms with Gasteiger partial charge in [-0.3, -0.25) is 0 Å². The third-order valence-corrected chi connectivity index (χ3v) is 13.4. The van der Waals surface area contributed by atoms with Gasteiger partial charge in [0.25, 0.3) is 0 Å². The summed E-state index contributed by atoms with van der Waals surface area (Å²) in [5, 5.41) is -7.27. The normalized spacial score (nSPS) is 13.2. The van der Waals surface area contributed by atoms with E-state index < -0.39 is 58.4 Å². The van der Waals surface area contributed by atoms with E-state index in [1.165, 1.54) is 42.5 Å². The standard InChI is InChI=1S/C40H51F9O9S2/c1-7-18-52-28-24-31(54-20-9-3)35(32(25-28)55-21-10-4)59(30-16-14-13-15-17-30,58-60(50,51)40(48,49)38(43,44)37(41,42)39(45,46)47)36-33(56-22-11-5)26-29(53-19-8-2)27-34(36)57-23-12-6/h13-17,24-27H,7-12,18-23H2,1-6H3. The second-order valence-corrected chi connectivity index (χ2v) is 17.5. The first-order chi connectivity index (χ1) is 28.2. The molecule has 0 N–H and O–H groups in total. The van der Waals surface area contributed by atoms with Crippen molar-refractivity contribution in [3.63, 3.8) is 0 Å². The SMILES string of the molecule is CCCOc1cc(OCCC)c(S(OS(=O)(=O)C(F)(F)C(F)(F)C(F)(F)C(F)(F)F)(c2ccccc2)c2c(OCCC)cc(OCCC)cc2OCCC)c(OCCC)c1. The van der Waals surface area contributed by atoms with Gasteiger partial charge in [0.05, 0.1) is 39.6 Å². The number of hydrogen-bond acceptors (Lipinski definition) is 9. The number of ether oxygens (including phenoxy) is 6. The second-order valence-electron chi connectivity index (χ2n) is 13.1. The van der Waals surface area contributed by atoms with Crippen molar-refractivity contribution in [2.45, 2.75) is 118 Å². The minimum absolute atomic E-state index is 0.0527. The van der Waals surface area contributed by atoms with Gasteiger partial charge in [-0.25, -0.2) is 3.63 Å². The van der Waals surface area contributed by atoms with Crippen LogP contribution < -0.4 is 28.4 Å². The van der Waals surface area contributed by atoms with Gasteiger partial charge >= 0.3 is 33.4 Å². The van der Waals surface area contributed by atoms with E-state index in [1.807, 2.05) is 0 Å². The van der Waals surface area contributed by atoms with E-state index in [9.17, 15) is 30.4 Å². The summed E-state index contributed by atoms with van der Waals surface area (Å²) in [6, 6.07) is 11.3. The van der Waals surface area contributed by atoms with Crippen LogP contribution in [0.5, 0.6) is 34.5 Å². The lowest BCUT2D eigenvalue weighted by atomic mass is 10.1. The van der Waals surface area contributed by atoms with Crippen molar-refractivity contribution in [3.05, 3.63) is 54.6 Å². The molecule has 0 bridgehead atoms. The molecule has 0 saturated heterocycles. The van der Waals surface area contributed by atoms with Crippen molar-refractivity contribution in [2.75, 3.05) is 39.6 Å². The Labute approximate surface area is 346 Å². The smallest absolute Gasteiger partial charge is 0.460 e. The second kappa shape index (κ2) is 21.3. The maximum Gasteiger partial charge on any atom is 0.460 e. The minimum Gasteiger partial charge on any atom is -0.493 e. The van der Waals surface area contributed by atoms with Crippen LogP contribution in [-0.4, -0.2) is 71.3 Å². The highest BCUT2D eigenvalue weighted by Gasteiger charge is 2.86. The Bertz CT molecular complexity index is 1800. The molecule has 0 atom stereocenters. The summed E-state index contributed by atoms with van der Waals surface area (Å²) in [5.74, 6) is -16.6. The molecule has 340 valence electrons. The van der Waals surface area contributed by atoms with Gasteiger partial charge in [0.2, 0.25) is 0 Å². The van der Waals surface area contributed by atoms with Crippen LogP contribution in [0.25, 0.3) is 0 Å². The summed E-state index contributed by atoms with van der Waals surface area (Å²) < 4.78 is 202. The largest absolute Gasteiger partial charge is 0.493 e. The molecule has 20 heteroatoms. The molecule has 0 fully saturated rings. The fourth-order valence-electron chi connectivity index (χ4n) is 5.31. The average molecular weight is 911 g/mol. The number of halogens is 9. The van der Waals surface area contributed by atoms with Crippen molar-refractivity contribution in [3.8, 4) is 34.5 Å². The lowest BCUT2D eigenvalue weighted by Gasteiger charge is -2.43. The lowest BCUT2D eigenvalue weighted by molar-refractivity contribution is -0.382. The van der Waals surface area contributed by atoms with Crippen molar-refractivity contribution in [1.82, 2.24) is 0 Å². The monoisotopic (exact) mass is 910 g/mol. The predicted octanol–water partition coefficient (Wildman–Crippen LogP) is 12.4. The summed E-state index contributed by atoms with van der Waals surface area (Å²) in [5.41, 5.74) is 0. The molecule has 0 aromatic heterocycles. The molecule has 9 nitrogen and oxygen atoms in total. The van der Waals surface area contributed by atoms with E-state index in [0.717, 1.165) is 12.1 Å². The topological polar surface area (TPSA) is 98.8 Å². The Morgan fingerprint density at radius 2 is 0.783 bits per heavy atom. The molecule has 3 rings (SSSR count). The number of alkyl halides is 9. The Morgan fingerprint density at radius 1 is 0.467 bits per heavy atom. The van der Waals surface area contributed by atoms with Crippen molar-refractivity contribution >= 4 is 20.4 Å². The van der Waals surface area contributed by atoms with Crippen LogP contribution in [-0.2, 0) is 13.7 Å². The number of hydrogen-bond donors (Lipinski definition) is 0. The zero-order chi connectivity index (χ0) is 45.0. The lowest BCUT2D eigenvalue weighted by Crippen LogP contribution is -2.63. The average Bonchev–Trinajstić information content (AvgIpc) is 3.20. The highest BCUT2D eigenvalue weighted by atomic mass is 32.3. The molecular weight excluding hydrogens is 860 g/mol. The summed E-state index contributed by atoms with van der Waals surface area (Å²) >= 11 is 0. The van der Waals surface area contributed by atoms with E-state index in [2.05, 4.69) is 0 Å². The highest BCUT2D eigenvalue weighted by molar-refractivity contribution is 8.33. The fraction of sp³-hybridized carbons (Fsp3) is 0.550. The third-order valence-electron chi connectivity index (χ3n) is 8.05. The van der Waals surface area contributed by atoms with Gasteiger partial charge in [-0.05, 0) is 61.0 Å². The molecule has 0 unspecified atom stereocenters. The minimum atomic E-state index is -7.67. The van der Waals surface area contributed by atoms with Crippen LogP contribution in [0.4, 0.5) is 39.5 Å². The van der Waals surface area contributed by atoms with E-state index >= 15 is 17.6 Å². The Balaban J connectivity index is 2.85. The van der Waals surface area contributed by atoms with Crippen LogP contribution in [0.1, 0.15) is 80.1 Å². The van der Waals surface area contributed by atoms with Gasteiger partial charge in [-0.15, -0.1) is 0 Å². The third kappa shape index (κ3) is 10.6. The summed E-state index contributed by atoms with van der Waals surface area (Å²) in [4.78, 5) is -1.49. The van der Waals surface area contributed by atoms with E-state index in [4.69, 9.17) is 32.1 Å². The van der Waals surface area contributed by atoms with Crippen LogP contribution in [0.3, 0.4) is 0 Å². The highest BCUT2D eigenvalue weighted by Crippen LogP contribution is 2.79. The van der Waals surface area contributed by atoms with Crippen LogP contribution in [0.15, 0.2) is 69.3 Å². The van der Waals surface area contributed by atoms with Crippen molar-refractivity contribution in [2.24, 2.45) is 0 Å². The Morgan fingerprint density at radius 3 is 1.08 bits per heavy atom. The van der Waals surface area contributed by atoms with E-state index in [1.54, 1.807) is 41.5 Å². The maximum absolute atomic E-state index is 16.1. The van der Waals surface area contributed by atoms with Gasteiger partial charge in [-0.1, -0.05) is 59.7 Å². The van der Waals surface area contributed by atoms with Gasteiger partial charge in [0, 0.05) is 29.2 Å². The molecule has 3 aromatic carbocycles. The molecule has 3 aromatic rings. The maximum atomic E-state index is 16.1. The molecule has 0 aliphatic rings. The summed E-state index contributed by atoms with van der Waals surface area (Å²) in [6.07, 6.45) is -5.21. The van der Waals surface area contributed by atoms with Crippen LogP contribution in [0.2, 0.25) is 0 Å². The van der Waals surface area contributed by atoms with E-state index in [0.29, 0.717) is 12.8 Å². The van der Waals surface area contributed by atoms with Gasteiger partial charge in [0.1, 0.15) is 44.3 Å². The van der Waals surface area contributed by atoms with Crippen LogP contribution >= 0.6 is 10.3 Å². The molecule has 0 aliphatic heterocycles. The first kappa shape index (κ1) is 50.4. The summed E-state index contributed by atoms with van der Waals surface area (Å²) in [7, 11) is -12.5. The number of benzene rings is 3. The molecule has 0 saturated carbocycles. The quantitative estimate of drug-likeness (QED) is 0.0729. The number of rotatable bonds is 26. The Kier molecular flexibility index (Phi) is 17.9.